The molecule has 0 aromatic heterocycles. The molecule has 2 heterocycles. The smallest absolute Gasteiger partial charge is 0.255 e. The number of benzene rings is 2. The van der Waals surface area contributed by atoms with Crippen LogP contribution in [0.5, 0.6) is 0 Å². The first-order chi connectivity index (χ1) is 14.4. The number of carbonyl (C=O) groups excluding carboxylic acids is 1. The molecule has 6 nitrogen and oxygen atoms in total. The van der Waals surface area contributed by atoms with E-state index in [2.05, 4.69) is 30.0 Å². The molecule has 30 heavy (non-hydrogen) atoms. The zero-order chi connectivity index (χ0) is 21.3. The number of halogens is 1. The quantitative estimate of drug-likeness (QED) is 0.720. The molecule has 0 N–H and O–H groups in total. The number of anilines is 1. The van der Waals surface area contributed by atoms with Gasteiger partial charge in [0.15, 0.2) is 0 Å². The number of sulfonamides is 1. The standard InChI is InChI=1S/C22H26ClN3O3S/c1-17-5-4-6-18(15-17)24-11-13-25(14-12-24)22(27)20-16-19(7-8-21(20)23)30(28,29)26-9-2-3-10-26/h4-8,15-16H,2-3,9-14H2,1H3. The maximum absolute atomic E-state index is 13.1. The first-order valence-electron chi connectivity index (χ1n) is 10.3. The van der Waals surface area contributed by atoms with Crippen molar-refractivity contribution < 1.29 is 13.2 Å². The number of hydrogen-bond acceptors (Lipinski definition) is 4. The first kappa shape index (κ1) is 21.2. The van der Waals surface area contributed by atoms with Crippen LogP contribution in [0.15, 0.2) is 47.4 Å². The van der Waals surface area contributed by atoms with Gasteiger partial charge in [0.25, 0.3) is 5.91 Å². The van der Waals surface area contributed by atoms with Crippen LogP contribution < -0.4 is 4.90 Å². The molecule has 1 amide bonds. The lowest BCUT2D eigenvalue weighted by atomic mass is 10.1. The van der Waals surface area contributed by atoms with Gasteiger partial charge in [0, 0.05) is 45.0 Å². The van der Waals surface area contributed by atoms with Crippen molar-refractivity contribution >= 4 is 33.2 Å². The summed E-state index contributed by atoms with van der Waals surface area (Å²) in [6, 6.07) is 12.8. The van der Waals surface area contributed by atoms with E-state index in [4.69, 9.17) is 11.6 Å². The van der Waals surface area contributed by atoms with Crippen LogP contribution in [-0.4, -0.2) is 62.8 Å². The summed E-state index contributed by atoms with van der Waals surface area (Å²) in [5.41, 5.74) is 2.61. The van der Waals surface area contributed by atoms with E-state index in [0.29, 0.717) is 26.2 Å². The minimum Gasteiger partial charge on any atom is -0.368 e. The number of hydrogen-bond donors (Lipinski definition) is 0. The van der Waals surface area contributed by atoms with E-state index in [1.54, 1.807) is 4.90 Å². The van der Waals surface area contributed by atoms with Gasteiger partial charge in [-0.1, -0.05) is 23.7 Å². The zero-order valence-corrected chi connectivity index (χ0v) is 18.6. The second kappa shape index (κ2) is 8.57. The number of amides is 1. The maximum atomic E-state index is 13.1. The van der Waals surface area contributed by atoms with E-state index in [9.17, 15) is 13.2 Å². The number of rotatable bonds is 4. The highest BCUT2D eigenvalue weighted by atomic mass is 35.5. The fourth-order valence-corrected chi connectivity index (χ4v) is 5.81. The number of aryl methyl sites for hydroxylation is 1. The van der Waals surface area contributed by atoms with E-state index in [1.807, 2.05) is 6.07 Å². The number of carbonyl (C=O) groups is 1. The Morgan fingerprint density at radius 2 is 1.63 bits per heavy atom. The molecule has 2 aliphatic heterocycles. The third-order valence-corrected chi connectivity index (χ3v) is 8.03. The fourth-order valence-electron chi connectivity index (χ4n) is 4.07. The Morgan fingerprint density at radius 3 is 2.30 bits per heavy atom. The molecule has 0 aliphatic carbocycles. The summed E-state index contributed by atoms with van der Waals surface area (Å²) in [6.07, 6.45) is 1.73. The summed E-state index contributed by atoms with van der Waals surface area (Å²) in [6.45, 7) is 5.67. The van der Waals surface area contributed by atoms with E-state index in [1.165, 1.54) is 28.1 Å². The van der Waals surface area contributed by atoms with Gasteiger partial charge in [-0.3, -0.25) is 4.79 Å². The summed E-state index contributed by atoms with van der Waals surface area (Å²) in [7, 11) is -3.60. The lowest BCUT2D eigenvalue weighted by Gasteiger charge is -2.36. The maximum Gasteiger partial charge on any atom is 0.255 e. The second-order valence-electron chi connectivity index (χ2n) is 7.87. The van der Waals surface area contributed by atoms with Crippen LogP contribution in [0.1, 0.15) is 28.8 Å². The van der Waals surface area contributed by atoms with Crippen molar-refractivity contribution in [2.45, 2.75) is 24.7 Å². The van der Waals surface area contributed by atoms with Gasteiger partial charge < -0.3 is 9.80 Å². The Labute approximate surface area is 183 Å². The third kappa shape index (κ3) is 4.19. The van der Waals surface area contributed by atoms with Crippen molar-refractivity contribution in [1.29, 1.82) is 0 Å². The number of piperazine rings is 1. The predicted molar refractivity (Wildman–Crippen MR) is 119 cm³/mol. The summed E-state index contributed by atoms with van der Waals surface area (Å²) in [5.74, 6) is -0.220. The molecule has 0 unspecified atom stereocenters. The van der Waals surface area contributed by atoms with Crippen molar-refractivity contribution in [3.63, 3.8) is 0 Å². The minimum absolute atomic E-state index is 0.135. The molecular formula is C22H26ClN3O3S. The van der Waals surface area contributed by atoms with Gasteiger partial charge in [-0.25, -0.2) is 8.42 Å². The van der Waals surface area contributed by atoms with Gasteiger partial charge >= 0.3 is 0 Å². The molecule has 8 heteroatoms. The van der Waals surface area contributed by atoms with Crippen LogP contribution >= 0.6 is 11.6 Å². The highest BCUT2D eigenvalue weighted by Gasteiger charge is 2.30. The molecule has 0 bridgehead atoms. The van der Waals surface area contributed by atoms with E-state index in [-0.39, 0.29) is 21.4 Å². The van der Waals surface area contributed by atoms with Crippen LogP contribution in [0.25, 0.3) is 0 Å². The second-order valence-corrected chi connectivity index (χ2v) is 10.2. The zero-order valence-electron chi connectivity index (χ0n) is 17.1. The third-order valence-electron chi connectivity index (χ3n) is 5.80. The molecule has 2 saturated heterocycles. The molecule has 0 saturated carbocycles. The highest BCUT2D eigenvalue weighted by Crippen LogP contribution is 2.27. The Kier molecular flexibility index (Phi) is 6.04. The van der Waals surface area contributed by atoms with Crippen LogP contribution in [0.4, 0.5) is 5.69 Å². The van der Waals surface area contributed by atoms with Crippen LogP contribution in [0.2, 0.25) is 5.02 Å². The molecule has 2 aromatic carbocycles. The van der Waals surface area contributed by atoms with Crippen molar-refractivity contribution in [2.75, 3.05) is 44.2 Å². The topological polar surface area (TPSA) is 60.9 Å². The van der Waals surface area contributed by atoms with E-state index >= 15 is 0 Å². The summed E-state index contributed by atoms with van der Waals surface area (Å²) in [4.78, 5) is 17.3. The van der Waals surface area contributed by atoms with Gasteiger partial charge in [-0.2, -0.15) is 4.31 Å². The van der Waals surface area contributed by atoms with Crippen molar-refractivity contribution in [2.24, 2.45) is 0 Å². The predicted octanol–water partition coefficient (Wildman–Crippen LogP) is 3.40. The van der Waals surface area contributed by atoms with E-state index in [0.717, 1.165) is 31.6 Å². The SMILES string of the molecule is Cc1cccc(N2CCN(C(=O)c3cc(S(=O)(=O)N4CCCC4)ccc3Cl)CC2)c1. The van der Waals surface area contributed by atoms with Crippen LogP contribution in [0.3, 0.4) is 0 Å². The molecular weight excluding hydrogens is 422 g/mol. The van der Waals surface area contributed by atoms with Gasteiger partial charge in [-0.15, -0.1) is 0 Å². The Morgan fingerprint density at radius 1 is 0.933 bits per heavy atom. The van der Waals surface area contributed by atoms with Crippen LogP contribution in [0, 0.1) is 6.92 Å². The van der Waals surface area contributed by atoms with Gasteiger partial charge in [0.1, 0.15) is 0 Å². The van der Waals surface area contributed by atoms with Crippen LogP contribution in [-0.2, 0) is 10.0 Å². The molecule has 0 spiro atoms. The molecule has 0 radical (unpaired) electrons. The molecule has 0 atom stereocenters. The molecule has 160 valence electrons. The Balaban J connectivity index is 1.50. The minimum atomic E-state index is -3.60. The first-order valence-corrected chi connectivity index (χ1v) is 12.1. The fraction of sp³-hybridized carbons (Fsp3) is 0.409. The summed E-state index contributed by atoms with van der Waals surface area (Å²) >= 11 is 6.30. The molecule has 2 aromatic rings. The van der Waals surface area contributed by atoms with Gasteiger partial charge in [0.05, 0.1) is 15.5 Å². The molecule has 4 rings (SSSR count). The average Bonchev–Trinajstić information content (AvgIpc) is 3.29. The normalized spacial score (nSPS) is 18.1. The van der Waals surface area contributed by atoms with Gasteiger partial charge in [0.2, 0.25) is 10.0 Å². The molecule has 2 aliphatic rings. The van der Waals surface area contributed by atoms with Gasteiger partial charge in [-0.05, 0) is 55.7 Å². The van der Waals surface area contributed by atoms with E-state index < -0.39 is 10.0 Å². The summed E-state index contributed by atoms with van der Waals surface area (Å²) < 4.78 is 27.2. The lowest BCUT2D eigenvalue weighted by Crippen LogP contribution is -2.48. The Hall–Kier alpha value is -2.09. The summed E-state index contributed by atoms with van der Waals surface area (Å²) in [5, 5.41) is 0.279. The average molecular weight is 448 g/mol. The van der Waals surface area contributed by atoms with Crippen molar-refractivity contribution in [3.8, 4) is 0 Å². The van der Waals surface area contributed by atoms with Crippen molar-refractivity contribution in [1.82, 2.24) is 9.21 Å². The number of nitrogens with zero attached hydrogens (tertiary/aromatic N) is 3. The molecule has 2 fully saturated rings. The highest BCUT2D eigenvalue weighted by molar-refractivity contribution is 7.89. The van der Waals surface area contributed by atoms with Crippen molar-refractivity contribution in [3.05, 3.63) is 58.6 Å². The lowest BCUT2D eigenvalue weighted by molar-refractivity contribution is 0.0746. The largest absolute Gasteiger partial charge is 0.368 e. The monoisotopic (exact) mass is 447 g/mol. The Bertz CT molecular complexity index is 1040.